The number of anilines is 3. The van der Waals surface area contributed by atoms with Gasteiger partial charge in [0.15, 0.2) is 0 Å². The molecule has 0 saturated carbocycles. The van der Waals surface area contributed by atoms with Crippen LogP contribution in [0.1, 0.15) is 0 Å². The van der Waals surface area contributed by atoms with E-state index >= 15 is 0 Å². The van der Waals surface area contributed by atoms with Crippen LogP contribution in [-0.4, -0.2) is 17.0 Å². The molecule has 0 amide bonds. The van der Waals surface area contributed by atoms with E-state index in [2.05, 4.69) is 43.2 Å². The SMILES string of the molecule is CNc1nc(Nc2cccc(F)c2)ncc1I. The van der Waals surface area contributed by atoms with E-state index in [1.807, 2.05) is 0 Å². The molecule has 1 aromatic carbocycles. The highest BCUT2D eigenvalue weighted by molar-refractivity contribution is 14.1. The number of benzene rings is 1. The lowest BCUT2D eigenvalue weighted by Crippen LogP contribution is -2.02. The fourth-order valence-corrected chi connectivity index (χ4v) is 1.83. The van der Waals surface area contributed by atoms with Crippen molar-refractivity contribution in [3.8, 4) is 0 Å². The van der Waals surface area contributed by atoms with Crippen LogP contribution in [0, 0.1) is 9.39 Å². The van der Waals surface area contributed by atoms with Gasteiger partial charge in [-0.05, 0) is 40.8 Å². The minimum absolute atomic E-state index is 0.297. The minimum atomic E-state index is -0.297. The summed E-state index contributed by atoms with van der Waals surface area (Å²) in [5.41, 5.74) is 0.619. The molecule has 0 aliphatic rings. The molecule has 0 radical (unpaired) electrons. The monoisotopic (exact) mass is 344 g/mol. The van der Waals surface area contributed by atoms with Crippen molar-refractivity contribution >= 4 is 40.0 Å². The molecule has 0 aliphatic heterocycles. The van der Waals surface area contributed by atoms with Crippen LogP contribution in [0.4, 0.5) is 21.8 Å². The van der Waals surface area contributed by atoms with E-state index in [4.69, 9.17) is 0 Å². The number of halogens is 2. The largest absolute Gasteiger partial charge is 0.372 e. The van der Waals surface area contributed by atoms with Crippen LogP contribution in [0.15, 0.2) is 30.5 Å². The molecule has 88 valence electrons. The van der Waals surface area contributed by atoms with Gasteiger partial charge in [0.2, 0.25) is 5.95 Å². The average molecular weight is 344 g/mol. The molecular formula is C11H10FIN4. The third kappa shape index (κ3) is 3.02. The molecule has 0 atom stereocenters. The number of nitrogens with one attached hydrogen (secondary N) is 2. The second kappa shape index (κ2) is 5.26. The lowest BCUT2D eigenvalue weighted by Gasteiger charge is -2.07. The summed E-state index contributed by atoms with van der Waals surface area (Å²) in [6.07, 6.45) is 1.70. The molecular weight excluding hydrogens is 334 g/mol. The Balaban J connectivity index is 2.24. The standard InChI is InChI=1S/C11H10FIN4/c1-14-10-9(13)6-15-11(17-10)16-8-4-2-3-7(12)5-8/h2-6H,1H3,(H2,14,15,16,17). The van der Waals surface area contributed by atoms with Gasteiger partial charge in [-0.1, -0.05) is 6.07 Å². The van der Waals surface area contributed by atoms with E-state index in [0.717, 1.165) is 9.39 Å². The summed E-state index contributed by atoms with van der Waals surface area (Å²) < 4.78 is 13.9. The van der Waals surface area contributed by atoms with E-state index in [0.29, 0.717) is 11.6 Å². The van der Waals surface area contributed by atoms with Crippen molar-refractivity contribution in [2.75, 3.05) is 17.7 Å². The van der Waals surface area contributed by atoms with Crippen molar-refractivity contribution < 1.29 is 4.39 Å². The van der Waals surface area contributed by atoms with Crippen LogP contribution in [-0.2, 0) is 0 Å². The Hall–Kier alpha value is -1.44. The minimum Gasteiger partial charge on any atom is -0.372 e. The van der Waals surface area contributed by atoms with E-state index < -0.39 is 0 Å². The first-order valence-electron chi connectivity index (χ1n) is 4.92. The second-order valence-corrected chi connectivity index (χ2v) is 4.44. The second-order valence-electron chi connectivity index (χ2n) is 3.28. The molecule has 0 spiro atoms. The zero-order valence-electron chi connectivity index (χ0n) is 9.04. The summed E-state index contributed by atoms with van der Waals surface area (Å²) in [5, 5.41) is 5.90. The first-order chi connectivity index (χ1) is 8.19. The lowest BCUT2D eigenvalue weighted by atomic mass is 10.3. The quantitative estimate of drug-likeness (QED) is 0.841. The third-order valence-corrected chi connectivity index (χ3v) is 2.85. The van der Waals surface area contributed by atoms with Crippen LogP contribution in [0.3, 0.4) is 0 Å². The van der Waals surface area contributed by atoms with Gasteiger partial charge in [-0.25, -0.2) is 9.37 Å². The number of rotatable bonds is 3. The van der Waals surface area contributed by atoms with Crippen LogP contribution in [0.25, 0.3) is 0 Å². The van der Waals surface area contributed by atoms with E-state index in [1.165, 1.54) is 12.1 Å². The fourth-order valence-electron chi connectivity index (χ4n) is 1.30. The van der Waals surface area contributed by atoms with Gasteiger partial charge in [-0.2, -0.15) is 4.98 Å². The van der Waals surface area contributed by atoms with E-state index in [1.54, 1.807) is 25.4 Å². The van der Waals surface area contributed by atoms with Gasteiger partial charge >= 0.3 is 0 Å². The Kier molecular flexibility index (Phi) is 3.72. The molecule has 4 nitrogen and oxygen atoms in total. The Morgan fingerprint density at radius 3 is 2.88 bits per heavy atom. The van der Waals surface area contributed by atoms with Gasteiger partial charge in [-0.15, -0.1) is 0 Å². The maximum absolute atomic E-state index is 13.0. The molecule has 2 rings (SSSR count). The summed E-state index contributed by atoms with van der Waals surface area (Å²) in [5.74, 6) is 0.870. The first-order valence-corrected chi connectivity index (χ1v) is 6.00. The zero-order valence-corrected chi connectivity index (χ0v) is 11.2. The molecule has 0 unspecified atom stereocenters. The summed E-state index contributed by atoms with van der Waals surface area (Å²) in [4.78, 5) is 8.37. The fraction of sp³-hybridized carbons (Fsp3) is 0.0909. The predicted molar refractivity (Wildman–Crippen MR) is 74.0 cm³/mol. The maximum atomic E-state index is 13.0. The van der Waals surface area contributed by atoms with Crippen molar-refractivity contribution in [1.29, 1.82) is 0 Å². The molecule has 2 N–H and O–H groups in total. The smallest absolute Gasteiger partial charge is 0.229 e. The highest BCUT2D eigenvalue weighted by Gasteiger charge is 2.03. The van der Waals surface area contributed by atoms with E-state index in [-0.39, 0.29) is 5.82 Å². The summed E-state index contributed by atoms with van der Waals surface area (Å²) in [6.45, 7) is 0. The van der Waals surface area contributed by atoms with Crippen molar-refractivity contribution in [2.24, 2.45) is 0 Å². The highest BCUT2D eigenvalue weighted by Crippen LogP contribution is 2.18. The van der Waals surface area contributed by atoms with Crippen LogP contribution < -0.4 is 10.6 Å². The van der Waals surface area contributed by atoms with Crippen molar-refractivity contribution in [1.82, 2.24) is 9.97 Å². The van der Waals surface area contributed by atoms with Gasteiger partial charge in [0, 0.05) is 18.9 Å². The Bertz CT molecular complexity index is 533. The summed E-state index contributed by atoms with van der Waals surface area (Å²) in [6, 6.07) is 6.16. The molecule has 1 heterocycles. The number of nitrogens with zero attached hydrogens (tertiary/aromatic N) is 2. The maximum Gasteiger partial charge on any atom is 0.229 e. The molecule has 6 heteroatoms. The Labute approximate surface area is 112 Å². The van der Waals surface area contributed by atoms with Gasteiger partial charge in [0.1, 0.15) is 11.6 Å². The number of hydrogen-bond acceptors (Lipinski definition) is 4. The molecule has 2 aromatic rings. The summed E-state index contributed by atoms with van der Waals surface area (Å²) >= 11 is 2.14. The Morgan fingerprint density at radius 2 is 2.18 bits per heavy atom. The Morgan fingerprint density at radius 1 is 1.35 bits per heavy atom. The van der Waals surface area contributed by atoms with Crippen LogP contribution in [0.5, 0.6) is 0 Å². The molecule has 17 heavy (non-hydrogen) atoms. The van der Waals surface area contributed by atoms with Crippen LogP contribution in [0.2, 0.25) is 0 Å². The normalized spacial score (nSPS) is 10.1. The van der Waals surface area contributed by atoms with Crippen molar-refractivity contribution in [3.05, 3.63) is 39.8 Å². The van der Waals surface area contributed by atoms with Crippen molar-refractivity contribution in [3.63, 3.8) is 0 Å². The molecule has 0 fully saturated rings. The first kappa shape index (κ1) is 12.0. The molecule has 0 aliphatic carbocycles. The van der Waals surface area contributed by atoms with Gasteiger partial charge in [0.05, 0.1) is 3.57 Å². The zero-order chi connectivity index (χ0) is 12.3. The predicted octanol–water partition coefficient (Wildman–Crippen LogP) is 3.01. The average Bonchev–Trinajstić information content (AvgIpc) is 2.32. The molecule has 0 saturated heterocycles. The van der Waals surface area contributed by atoms with Gasteiger partial charge in [0.25, 0.3) is 0 Å². The number of aromatic nitrogens is 2. The summed E-state index contributed by atoms with van der Waals surface area (Å²) in [7, 11) is 1.79. The van der Waals surface area contributed by atoms with E-state index in [9.17, 15) is 4.39 Å². The van der Waals surface area contributed by atoms with Crippen molar-refractivity contribution in [2.45, 2.75) is 0 Å². The number of hydrogen-bond donors (Lipinski definition) is 2. The third-order valence-electron chi connectivity index (χ3n) is 2.06. The topological polar surface area (TPSA) is 49.8 Å². The lowest BCUT2D eigenvalue weighted by molar-refractivity contribution is 0.628. The van der Waals surface area contributed by atoms with Crippen LogP contribution >= 0.6 is 22.6 Å². The van der Waals surface area contributed by atoms with Gasteiger partial charge < -0.3 is 10.6 Å². The van der Waals surface area contributed by atoms with Gasteiger partial charge in [-0.3, -0.25) is 0 Å². The molecule has 1 aromatic heterocycles. The highest BCUT2D eigenvalue weighted by atomic mass is 127. The molecule has 0 bridgehead atoms.